The molecule has 2 rings (SSSR count). The van der Waals surface area contributed by atoms with Crippen LogP contribution in [0.25, 0.3) is 0 Å². The number of nitrogens with one attached hydrogen (secondary N) is 1. The molecule has 116 valence electrons. The number of hydrogen-bond donors (Lipinski definition) is 1. The Labute approximate surface area is 136 Å². The second-order valence-electron chi connectivity index (χ2n) is 4.87. The summed E-state index contributed by atoms with van der Waals surface area (Å²) in [5, 5.41) is 2.94. The molecule has 22 heavy (non-hydrogen) atoms. The normalized spacial score (nSPS) is 10.3. The number of carbonyl (C=O) groups is 1. The predicted molar refractivity (Wildman–Crippen MR) is 95.8 cm³/mol. The molecule has 0 spiro atoms. The van der Waals surface area contributed by atoms with Crippen molar-refractivity contribution in [3.8, 4) is 0 Å². The van der Waals surface area contributed by atoms with E-state index in [9.17, 15) is 4.79 Å². The molecule has 0 atom stereocenters. The van der Waals surface area contributed by atoms with Gasteiger partial charge in [0.15, 0.2) is 0 Å². The maximum absolute atomic E-state index is 12.0. The minimum Gasteiger partial charge on any atom is -0.372 e. The summed E-state index contributed by atoms with van der Waals surface area (Å²) in [6, 6.07) is 18.0. The highest BCUT2D eigenvalue weighted by Crippen LogP contribution is 2.19. The van der Waals surface area contributed by atoms with E-state index in [1.54, 1.807) is 11.8 Å². The third-order valence-corrected chi connectivity index (χ3v) is 4.40. The maximum atomic E-state index is 12.0. The lowest BCUT2D eigenvalue weighted by atomic mass is 10.2. The van der Waals surface area contributed by atoms with Crippen molar-refractivity contribution in [2.45, 2.75) is 18.7 Å². The van der Waals surface area contributed by atoms with Gasteiger partial charge in [0.2, 0.25) is 5.91 Å². The van der Waals surface area contributed by atoms with E-state index < -0.39 is 0 Å². The van der Waals surface area contributed by atoms with Crippen molar-refractivity contribution in [2.24, 2.45) is 0 Å². The molecule has 0 aromatic heterocycles. The fraction of sp³-hybridized carbons (Fsp3) is 0.278. The molecule has 0 unspecified atom stereocenters. The summed E-state index contributed by atoms with van der Waals surface area (Å²) in [5.41, 5.74) is 2.02. The first-order valence-electron chi connectivity index (χ1n) is 7.55. The lowest BCUT2D eigenvalue weighted by Crippen LogP contribution is -2.21. The molecule has 0 heterocycles. The van der Waals surface area contributed by atoms with Crippen LogP contribution >= 0.6 is 11.8 Å². The number of thioether (sulfide) groups is 1. The Balaban J connectivity index is 1.86. The number of hydrogen-bond acceptors (Lipinski definition) is 3. The highest BCUT2D eigenvalue weighted by molar-refractivity contribution is 8.00. The van der Waals surface area contributed by atoms with E-state index in [-0.39, 0.29) is 5.91 Å². The quantitative estimate of drug-likeness (QED) is 0.775. The van der Waals surface area contributed by atoms with Crippen molar-refractivity contribution in [3.63, 3.8) is 0 Å². The van der Waals surface area contributed by atoms with Gasteiger partial charge in [-0.15, -0.1) is 11.8 Å². The van der Waals surface area contributed by atoms with E-state index in [1.807, 2.05) is 54.6 Å². The van der Waals surface area contributed by atoms with Crippen LogP contribution in [0.2, 0.25) is 0 Å². The Morgan fingerprint density at radius 3 is 2.23 bits per heavy atom. The predicted octanol–water partition coefficient (Wildman–Crippen LogP) is 4.26. The van der Waals surface area contributed by atoms with Gasteiger partial charge in [-0.2, -0.15) is 0 Å². The number of nitrogens with zero attached hydrogens (tertiary/aromatic N) is 1. The lowest BCUT2D eigenvalue weighted by molar-refractivity contribution is -0.113. The number of benzene rings is 2. The van der Waals surface area contributed by atoms with Gasteiger partial charge in [0.1, 0.15) is 0 Å². The van der Waals surface area contributed by atoms with Crippen molar-refractivity contribution in [1.29, 1.82) is 0 Å². The summed E-state index contributed by atoms with van der Waals surface area (Å²) in [6.45, 7) is 6.24. The first-order chi connectivity index (χ1) is 10.7. The van der Waals surface area contributed by atoms with Crippen molar-refractivity contribution < 1.29 is 4.79 Å². The summed E-state index contributed by atoms with van der Waals surface area (Å²) in [6.07, 6.45) is 0. The fourth-order valence-electron chi connectivity index (χ4n) is 2.21. The highest BCUT2D eigenvalue weighted by atomic mass is 32.2. The average molecular weight is 314 g/mol. The van der Waals surface area contributed by atoms with Gasteiger partial charge in [-0.3, -0.25) is 4.79 Å². The minimum absolute atomic E-state index is 0.0180. The molecule has 0 bridgehead atoms. The molecule has 0 aliphatic rings. The second kappa shape index (κ2) is 8.49. The smallest absolute Gasteiger partial charge is 0.234 e. The standard InChI is InChI=1S/C18H22N2OS/c1-3-20(4-2)16-12-10-15(11-13-16)19-18(21)14-22-17-8-6-5-7-9-17/h5-13H,3-4,14H2,1-2H3,(H,19,21). The van der Waals surface area contributed by atoms with Crippen LogP contribution in [0.3, 0.4) is 0 Å². The van der Waals surface area contributed by atoms with Gasteiger partial charge in [0.25, 0.3) is 0 Å². The monoisotopic (exact) mass is 314 g/mol. The van der Waals surface area contributed by atoms with Crippen LogP contribution in [0.1, 0.15) is 13.8 Å². The SMILES string of the molecule is CCN(CC)c1ccc(NC(=O)CSc2ccccc2)cc1. The first kappa shape index (κ1) is 16.4. The summed E-state index contributed by atoms with van der Waals surface area (Å²) < 4.78 is 0. The zero-order valence-electron chi connectivity index (χ0n) is 13.1. The van der Waals surface area contributed by atoms with Crippen LogP contribution in [-0.4, -0.2) is 24.7 Å². The Bertz CT molecular complexity index is 580. The van der Waals surface area contributed by atoms with Gasteiger partial charge >= 0.3 is 0 Å². The summed E-state index contributed by atoms with van der Waals surface area (Å²) >= 11 is 1.54. The van der Waals surface area contributed by atoms with Crippen LogP contribution in [0.4, 0.5) is 11.4 Å². The van der Waals surface area contributed by atoms with Crippen molar-refractivity contribution in [3.05, 3.63) is 54.6 Å². The molecule has 0 radical (unpaired) electrons. The third kappa shape index (κ3) is 4.81. The minimum atomic E-state index is 0.0180. The van der Waals surface area contributed by atoms with Crippen molar-refractivity contribution >= 4 is 29.0 Å². The molecule has 2 aromatic rings. The Morgan fingerprint density at radius 1 is 1.00 bits per heavy atom. The molecule has 1 amide bonds. The fourth-order valence-corrected chi connectivity index (χ4v) is 2.93. The van der Waals surface area contributed by atoms with Crippen LogP contribution in [0.5, 0.6) is 0 Å². The largest absolute Gasteiger partial charge is 0.372 e. The topological polar surface area (TPSA) is 32.3 Å². The molecular weight excluding hydrogens is 292 g/mol. The van der Waals surface area contributed by atoms with Crippen LogP contribution < -0.4 is 10.2 Å². The van der Waals surface area contributed by atoms with E-state index in [4.69, 9.17) is 0 Å². The zero-order valence-corrected chi connectivity index (χ0v) is 13.9. The number of anilines is 2. The zero-order chi connectivity index (χ0) is 15.8. The molecular formula is C18H22N2OS. The second-order valence-corrected chi connectivity index (χ2v) is 5.92. The molecule has 3 nitrogen and oxygen atoms in total. The molecule has 0 fully saturated rings. The van der Waals surface area contributed by atoms with E-state index in [0.29, 0.717) is 5.75 Å². The lowest BCUT2D eigenvalue weighted by Gasteiger charge is -2.21. The molecule has 0 aliphatic heterocycles. The molecule has 4 heteroatoms. The number of carbonyl (C=O) groups excluding carboxylic acids is 1. The Kier molecular flexibility index (Phi) is 6.34. The van der Waals surface area contributed by atoms with E-state index in [1.165, 1.54) is 5.69 Å². The van der Waals surface area contributed by atoms with Crippen molar-refractivity contribution in [2.75, 3.05) is 29.1 Å². The van der Waals surface area contributed by atoms with Crippen LogP contribution in [0.15, 0.2) is 59.5 Å². The highest BCUT2D eigenvalue weighted by Gasteiger charge is 2.05. The molecule has 0 saturated heterocycles. The molecule has 0 aliphatic carbocycles. The summed E-state index contributed by atoms with van der Waals surface area (Å²) in [4.78, 5) is 15.4. The van der Waals surface area contributed by atoms with E-state index in [0.717, 1.165) is 23.7 Å². The maximum Gasteiger partial charge on any atom is 0.234 e. The molecule has 0 saturated carbocycles. The Morgan fingerprint density at radius 2 is 1.64 bits per heavy atom. The Hall–Kier alpha value is -1.94. The van der Waals surface area contributed by atoms with E-state index in [2.05, 4.69) is 24.1 Å². The summed E-state index contributed by atoms with van der Waals surface area (Å²) in [5.74, 6) is 0.436. The van der Waals surface area contributed by atoms with Crippen LogP contribution in [0, 0.1) is 0 Å². The third-order valence-electron chi connectivity index (χ3n) is 3.39. The van der Waals surface area contributed by atoms with Gasteiger partial charge in [-0.05, 0) is 50.2 Å². The van der Waals surface area contributed by atoms with E-state index >= 15 is 0 Å². The summed E-state index contributed by atoms with van der Waals surface area (Å²) in [7, 11) is 0. The number of amides is 1. The first-order valence-corrected chi connectivity index (χ1v) is 8.54. The van der Waals surface area contributed by atoms with Gasteiger partial charge in [0.05, 0.1) is 5.75 Å². The molecule has 2 aromatic carbocycles. The van der Waals surface area contributed by atoms with Gasteiger partial charge in [-0.25, -0.2) is 0 Å². The average Bonchev–Trinajstić information content (AvgIpc) is 2.56. The van der Waals surface area contributed by atoms with Gasteiger partial charge in [0, 0.05) is 29.4 Å². The molecule has 1 N–H and O–H groups in total. The van der Waals surface area contributed by atoms with Gasteiger partial charge in [-0.1, -0.05) is 18.2 Å². The van der Waals surface area contributed by atoms with Gasteiger partial charge < -0.3 is 10.2 Å². The van der Waals surface area contributed by atoms with Crippen molar-refractivity contribution in [1.82, 2.24) is 0 Å². The van der Waals surface area contributed by atoms with Crippen LogP contribution in [-0.2, 0) is 4.79 Å². The number of rotatable bonds is 7.